The number of rotatable bonds is 9. The lowest BCUT2D eigenvalue weighted by molar-refractivity contribution is -0.140. The number of carbonyl (C=O) groups excluding carboxylic acids is 2. The summed E-state index contributed by atoms with van der Waals surface area (Å²) in [4.78, 5) is 27.5. The van der Waals surface area contributed by atoms with E-state index in [9.17, 15) is 9.59 Å². The summed E-state index contributed by atoms with van der Waals surface area (Å²) in [7, 11) is 1.60. The molecule has 0 unspecified atom stereocenters. The van der Waals surface area contributed by atoms with Crippen molar-refractivity contribution in [2.24, 2.45) is 0 Å². The van der Waals surface area contributed by atoms with Crippen molar-refractivity contribution < 1.29 is 14.3 Å². The predicted molar refractivity (Wildman–Crippen MR) is 116 cm³/mol. The van der Waals surface area contributed by atoms with Crippen LogP contribution >= 0.6 is 11.6 Å². The number of hydrogen-bond acceptors (Lipinski definition) is 3. The molecule has 1 N–H and O–H groups in total. The molecule has 0 heterocycles. The van der Waals surface area contributed by atoms with E-state index >= 15 is 0 Å². The molecule has 2 aromatic rings. The molecule has 0 saturated heterocycles. The lowest BCUT2D eigenvalue weighted by Gasteiger charge is -2.30. The summed E-state index contributed by atoms with van der Waals surface area (Å²) in [6.07, 6.45) is 1.01. The number of ether oxygens (including phenoxy) is 1. The van der Waals surface area contributed by atoms with Crippen LogP contribution in [0.5, 0.6) is 5.75 Å². The molecule has 6 heteroatoms. The molecule has 29 heavy (non-hydrogen) atoms. The Kier molecular flexibility index (Phi) is 8.52. The van der Waals surface area contributed by atoms with Crippen LogP contribution in [0.1, 0.15) is 38.3 Å². The van der Waals surface area contributed by atoms with E-state index in [4.69, 9.17) is 16.3 Å². The highest BCUT2D eigenvalue weighted by Crippen LogP contribution is 2.20. The molecule has 2 atom stereocenters. The molecule has 0 radical (unpaired) electrons. The molecule has 0 saturated carbocycles. The molecule has 0 aliphatic rings. The molecular weight excluding hydrogens is 388 g/mol. The molecule has 0 aromatic heterocycles. The van der Waals surface area contributed by atoms with E-state index in [1.54, 1.807) is 25.0 Å². The molecule has 0 aliphatic heterocycles. The molecular formula is C23H29ClN2O3. The zero-order valence-electron chi connectivity index (χ0n) is 17.4. The normalized spacial score (nSPS) is 12.7. The Hall–Kier alpha value is -2.53. The first kappa shape index (κ1) is 22.8. The van der Waals surface area contributed by atoms with Gasteiger partial charge in [0.25, 0.3) is 0 Å². The fourth-order valence-corrected chi connectivity index (χ4v) is 3.07. The molecule has 0 bridgehead atoms. The standard InChI is InChI=1S/C23H29ClN2O3/c1-5-16(2)25-23(28)17(3)26(15-19-8-6-7-9-21(19)24)22(27)14-18-10-12-20(29-4)13-11-18/h6-13,16-17H,5,14-15H2,1-4H3,(H,25,28)/t16-,17-/m0/s1. The van der Waals surface area contributed by atoms with E-state index in [0.717, 1.165) is 23.3 Å². The smallest absolute Gasteiger partial charge is 0.242 e. The second-order valence-electron chi connectivity index (χ2n) is 7.13. The topological polar surface area (TPSA) is 58.6 Å². The van der Waals surface area contributed by atoms with Gasteiger partial charge in [0.1, 0.15) is 11.8 Å². The number of methoxy groups -OCH3 is 1. The summed E-state index contributed by atoms with van der Waals surface area (Å²) in [5, 5.41) is 3.54. The van der Waals surface area contributed by atoms with Crippen molar-refractivity contribution in [3.63, 3.8) is 0 Å². The molecule has 2 aromatic carbocycles. The number of halogens is 1. The molecule has 2 amide bonds. The highest BCUT2D eigenvalue weighted by atomic mass is 35.5. The largest absolute Gasteiger partial charge is 0.497 e. The first-order chi connectivity index (χ1) is 13.8. The second kappa shape index (κ2) is 10.9. The molecule has 0 aliphatic carbocycles. The minimum absolute atomic E-state index is 0.0452. The third kappa shape index (κ3) is 6.50. The predicted octanol–water partition coefficient (Wildman–Crippen LogP) is 4.22. The highest BCUT2D eigenvalue weighted by molar-refractivity contribution is 6.31. The van der Waals surface area contributed by atoms with Crippen molar-refractivity contribution in [2.75, 3.05) is 7.11 Å². The van der Waals surface area contributed by atoms with Crippen molar-refractivity contribution in [3.8, 4) is 5.75 Å². The van der Waals surface area contributed by atoms with Gasteiger partial charge in [-0.3, -0.25) is 9.59 Å². The maximum atomic E-state index is 13.2. The van der Waals surface area contributed by atoms with Crippen LogP contribution < -0.4 is 10.1 Å². The van der Waals surface area contributed by atoms with Gasteiger partial charge in [-0.1, -0.05) is 48.9 Å². The van der Waals surface area contributed by atoms with Crippen LogP contribution in [-0.2, 0) is 22.6 Å². The number of carbonyl (C=O) groups is 2. The van der Waals surface area contributed by atoms with E-state index in [2.05, 4.69) is 5.32 Å². The summed E-state index contributed by atoms with van der Waals surface area (Å²) < 4.78 is 5.17. The first-order valence-electron chi connectivity index (χ1n) is 9.81. The van der Waals surface area contributed by atoms with Crippen LogP contribution in [0.4, 0.5) is 0 Å². The summed E-state index contributed by atoms with van der Waals surface area (Å²) in [6, 6.07) is 14.1. The Morgan fingerprint density at radius 1 is 1.10 bits per heavy atom. The average Bonchev–Trinajstić information content (AvgIpc) is 2.72. The minimum Gasteiger partial charge on any atom is -0.497 e. The van der Waals surface area contributed by atoms with Gasteiger partial charge >= 0.3 is 0 Å². The van der Waals surface area contributed by atoms with Crippen molar-refractivity contribution in [1.29, 1.82) is 0 Å². The second-order valence-corrected chi connectivity index (χ2v) is 7.54. The van der Waals surface area contributed by atoms with Gasteiger partial charge in [0, 0.05) is 17.6 Å². The fourth-order valence-electron chi connectivity index (χ4n) is 2.88. The van der Waals surface area contributed by atoms with E-state index in [-0.39, 0.29) is 30.8 Å². The number of benzene rings is 2. The Balaban J connectivity index is 2.23. The molecule has 0 spiro atoms. The van der Waals surface area contributed by atoms with Crippen molar-refractivity contribution in [2.45, 2.75) is 52.2 Å². The van der Waals surface area contributed by atoms with Gasteiger partial charge in [-0.25, -0.2) is 0 Å². The summed E-state index contributed by atoms with van der Waals surface area (Å²) in [5.74, 6) is 0.423. The van der Waals surface area contributed by atoms with Crippen LogP contribution in [0.3, 0.4) is 0 Å². The zero-order valence-corrected chi connectivity index (χ0v) is 18.2. The maximum absolute atomic E-state index is 13.2. The SMILES string of the molecule is CC[C@H](C)NC(=O)[C@H](C)N(Cc1ccccc1Cl)C(=O)Cc1ccc(OC)cc1. The maximum Gasteiger partial charge on any atom is 0.242 e. The summed E-state index contributed by atoms with van der Waals surface area (Å²) in [6.45, 7) is 5.97. The number of amides is 2. The van der Waals surface area contributed by atoms with Gasteiger partial charge in [-0.05, 0) is 49.6 Å². The van der Waals surface area contributed by atoms with Crippen LogP contribution in [0.15, 0.2) is 48.5 Å². The lowest BCUT2D eigenvalue weighted by Crippen LogP contribution is -2.49. The molecule has 5 nitrogen and oxygen atoms in total. The van der Waals surface area contributed by atoms with E-state index < -0.39 is 6.04 Å². The quantitative estimate of drug-likeness (QED) is 0.665. The Bertz CT molecular complexity index is 823. The van der Waals surface area contributed by atoms with E-state index in [0.29, 0.717) is 5.02 Å². The van der Waals surface area contributed by atoms with Gasteiger partial charge in [0.2, 0.25) is 11.8 Å². The van der Waals surface area contributed by atoms with Crippen LogP contribution in [0, 0.1) is 0 Å². The Labute approximate surface area is 178 Å². The number of nitrogens with zero attached hydrogens (tertiary/aromatic N) is 1. The highest BCUT2D eigenvalue weighted by Gasteiger charge is 2.27. The Morgan fingerprint density at radius 2 is 1.76 bits per heavy atom. The number of nitrogens with one attached hydrogen (secondary N) is 1. The van der Waals surface area contributed by atoms with Gasteiger partial charge < -0.3 is 15.0 Å². The van der Waals surface area contributed by atoms with Gasteiger partial charge in [0.05, 0.1) is 13.5 Å². The van der Waals surface area contributed by atoms with Crippen molar-refractivity contribution in [3.05, 3.63) is 64.7 Å². The lowest BCUT2D eigenvalue weighted by atomic mass is 10.1. The van der Waals surface area contributed by atoms with Crippen LogP contribution in [0.25, 0.3) is 0 Å². The van der Waals surface area contributed by atoms with Crippen molar-refractivity contribution >= 4 is 23.4 Å². The molecule has 0 fully saturated rings. The zero-order chi connectivity index (χ0) is 21.4. The average molecular weight is 417 g/mol. The monoisotopic (exact) mass is 416 g/mol. The summed E-state index contributed by atoms with van der Waals surface area (Å²) >= 11 is 6.31. The molecule has 2 rings (SSSR count). The van der Waals surface area contributed by atoms with Gasteiger partial charge in [-0.2, -0.15) is 0 Å². The fraction of sp³-hybridized carbons (Fsp3) is 0.391. The van der Waals surface area contributed by atoms with Crippen LogP contribution in [-0.4, -0.2) is 35.9 Å². The third-order valence-corrected chi connectivity index (χ3v) is 5.35. The van der Waals surface area contributed by atoms with Gasteiger partial charge in [-0.15, -0.1) is 0 Å². The van der Waals surface area contributed by atoms with Crippen molar-refractivity contribution in [1.82, 2.24) is 10.2 Å². The summed E-state index contributed by atoms with van der Waals surface area (Å²) in [5.41, 5.74) is 1.66. The van der Waals surface area contributed by atoms with E-state index in [1.807, 2.05) is 56.3 Å². The minimum atomic E-state index is -0.619. The Morgan fingerprint density at radius 3 is 2.34 bits per heavy atom. The number of hydrogen-bond donors (Lipinski definition) is 1. The van der Waals surface area contributed by atoms with E-state index in [1.165, 1.54) is 0 Å². The third-order valence-electron chi connectivity index (χ3n) is 4.98. The van der Waals surface area contributed by atoms with Crippen LogP contribution in [0.2, 0.25) is 5.02 Å². The first-order valence-corrected chi connectivity index (χ1v) is 10.2. The van der Waals surface area contributed by atoms with Gasteiger partial charge in [0.15, 0.2) is 0 Å². The molecule has 156 valence electrons.